The van der Waals surface area contributed by atoms with Gasteiger partial charge in [-0.25, -0.2) is 8.70 Å². The first-order chi connectivity index (χ1) is 15.9. The van der Waals surface area contributed by atoms with Gasteiger partial charge >= 0.3 is 10.2 Å². The summed E-state index contributed by atoms with van der Waals surface area (Å²) in [6, 6.07) is 9.03. The lowest BCUT2D eigenvalue weighted by Gasteiger charge is -2.33. The van der Waals surface area contributed by atoms with E-state index >= 15 is 0 Å². The Labute approximate surface area is 209 Å². The van der Waals surface area contributed by atoms with Gasteiger partial charge in [0.25, 0.3) is 0 Å². The Morgan fingerprint density at radius 1 is 1.12 bits per heavy atom. The van der Waals surface area contributed by atoms with E-state index in [0.717, 1.165) is 10.4 Å². The van der Waals surface area contributed by atoms with Crippen LogP contribution in [0.5, 0.6) is 0 Å². The van der Waals surface area contributed by atoms with E-state index in [2.05, 4.69) is 5.32 Å². The third-order valence-electron chi connectivity index (χ3n) is 5.13. The van der Waals surface area contributed by atoms with E-state index in [1.807, 2.05) is 0 Å². The molecule has 2 amide bonds. The fourth-order valence-corrected chi connectivity index (χ4v) is 4.81. The van der Waals surface area contributed by atoms with Crippen LogP contribution in [0.15, 0.2) is 42.5 Å². The Bertz CT molecular complexity index is 1150. The summed E-state index contributed by atoms with van der Waals surface area (Å²) in [5, 5.41) is 3.19. The minimum atomic E-state index is -4.25. The highest BCUT2D eigenvalue weighted by atomic mass is 35.5. The standard InChI is InChI=1S/C22H27Cl2FN4O4S/c1-5-19(22(31)26-2)28(13-15-10-11-16(23)12-17(15)24)21(30)14-29(34(32,33)27(3)4)20-9-7-6-8-18(20)25/h6-12,19H,5,13-14H2,1-4H3,(H,26,31)/t19-/m1/s1. The van der Waals surface area contributed by atoms with Gasteiger partial charge in [0.2, 0.25) is 11.8 Å². The van der Waals surface area contributed by atoms with Crippen LogP contribution in [0, 0.1) is 5.82 Å². The second kappa shape index (κ2) is 11.8. The molecule has 0 aliphatic heterocycles. The summed E-state index contributed by atoms with van der Waals surface area (Å²) in [4.78, 5) is 27.3. The van der Waals surface area contributed by atoms with Crippen molar-refractivity contribution in [2.45, 2.75) is 25.9 Å². The molecule has 0 aromatic heterocycles. The largest absolute Gasteiger partial charge is 0.357 e. The van der Waals surface area contributed by atoms with E-state index in [0.29, 0.717) is 14.9 Å². The van der Waals surface area contributed by atoms with E-state index in [4.69, 9.17) is 23.2 Å². The third kappa shape index (κ3) is 6.38. The summed E-state index contributed by atoms with van der Waals surface area (Å²) < 4.78 is 42.2. The van der Waals surface area contributed by atoms with Crippen LogP contribution in [-0.2, 0) is 26.3 Å². The van der Waals surface area contributed by atoms with Crippen molar-refractivity contribution in [1.82, 2.24) is 14.5 Å². The van der Waals surface area contributed by atoms with Gasteiger partial charge in [-0.05, 0) is 36.2 Å². The zero-order valence-corrected chi connectivity index (χ0v) is 21.6. The second-order valence-electron chi connectivity index (χ2n) is 7.54. The number of hydrogen-bond donors (Lipinski definition) is 1. The molecule has 1 atom stereocenters. The number of nitrogens with one attached hydrogen (secondary N) is 1. The van der Waals surface area contributed by atoms with Gasteiger partial charge in [0.1, 0.15) is 18.4 Å². The number of rotatable bonds is 10. The minimum Gasteiger partial charge on any atom is -0.357 e. The first-order valence-electron chi connectivity index (χ1n) is 10.3. The molecule has 0 radical (unpaired) electrons. The first kappa shape index (κ1) is 27.8. The Morgan fingerprint density at radius 3 is 2.29 bits per heavy atom. The van der Waals surface area contributed by atoms with Crippen LogP contribution in [0.1, 0.15) is 18.9 Å². The highest BCUT2D eigenvalue weighted by Gasteiger charge is 2.34. The molecule has 0 spiro atoms. The molecule has 2 aromatic carbocycles. The van der Waals surface area contributed by atoms with Crippen LogP contribution in [0.25, 0.3) is 0 Å². The monoisotopic (exact) mass is 532 g/mol. The topological polar surface area (TPSA) is 90.0 Å². The average molecular weight is 533 g/mol. The highest BCUT2D eigenvalue weighted by Crippen LogP contribution is 2.26. The van der Waals surface area contributed by atoms with Gasteiger partial charge in [0.05, 0.1) is 5.69 Å². The Kier molecular flexibility index (Phi) is 9.69. The SMILES string of the molecule is CC[C@H](C(=O)NC)N(Cc1ccc(Cl)cc1Cl)C(=O)CN(c1ccccc1F)S(=O)(=O)N(C)C. The fraction of sp³-hybridized carbons (Fsp3) is 0.364. The van der Waals surface area contributed by atoms with Crippen molar-refractivity contribution in [3.05, 3.63) is 63.9 Å². The van der Waals surface area contributed by atoms with Crippen molar-refractivity contribution < 1.29 is 22.4 Å². The third-order valence-corrected chi connectivity index (χ3v) is 7.52. The molecule has 34 heavy (non-hydrogen) atoms. The molecule has 186 valence electrons. The number of halogens is 3. The minimum absolute atomic E-state index is 0.0894. The highest BCUT2D eigenvalue weighted by molar-refractivity contribution is 7.90. The van der Waals surface area contributed by atoms with E-state index in [9.17, 15) is 22.4 Å². The molecule has 0 aliphatic carbocycles. The fourth-order valence-electron chi connectivity index (χ4n) is 3.28. The maximum absolute atomic E-state index is 14.6. The molecule has 2 aromatic rings. The van der Waals surface area contributed by atoms with E-state index < -0.39 is 40.4 Å². The molecule has 2 rings (SSSR count). The number of carbonyl (C=O) groups excluding carboxylic acids is 2. The molecule has 0 saturated heterocycles. The number of hydrogen-bond acceptors (Lipinski definition) is 4. The smallest absolute Gasteiger partial charge is 0.304 e. The molecule has 1 N–H and O–H groups in total. The van der Waals surface area contributed by atoms with E-state index in [1.165, 1.54) is 50.3 Å². The number of amides is 2. The number of para-hydroxylation sites is 1. The molecule has 8 nitrogen and oxygen atoms in total. The Hall–Kier alpha value is -2.40. The maximum atomic E-state index is 14.6. The van der Waals surface area contributed by atoms with E-state index in [-0.39, 0.29) is 23.7 Å². The molecule has 0 aliphatic rings. The van der Waals surface area contributed by atoms with Crippen molar-refractivity contribution in [3.63, 3.8) is 0 Å². The predicted molar refractivity (Wildman–Crippen MR) is 132 cm³/mol. The van der Waals surface area contributed by atoms with Crippen LogP contribution in [0.2, 0.25) is 10.0 Å². The van der Waals surface area contributed by atoms with Crippen molar-refractivity contribution in [3.8, 4) is 0 Å². The summed E-state index contributed by atoms with van der Waals surface area (Å²) >= 11 is 12.3. The average Bonchev–Trinajstić information content (AvgIpc) is 2.78. The molecule has 0 unspecified atom stereocenters. The van der Waals surface area contributed by atoms with Crippen molar-refractivity contribution in [2.24, 2.45) is 0 Å². The van der Waals surface area contributed by atoms with Crippen LogP contribution in [0.3, 0.4) is 0 Å². The Morgan fingerprint density at radius 2 is 1.76 bits per heavy atom. The van der Waals surface area contributed by atoms with Crippen molar-refractivity contribution >= 4 is 50.9 Å². The zero-order valence-electron chi connectivity index (χ0n) is 19.3. The molecular weight excluding hydrogens is 506 g/mol. The Balaban J connectivity index is 2.54. The summed E-state index contributed by atoms with van der Waals surface area (Å²) in [5.74, 6) is -1.96. The molecule has 0 bridgehead atoms. The summed E-state index contributed by atoms with van der Waals surface area (Å²) in [7, 11) is -0.265. The van der Waals surface area contributed by atoms with Gasteiger partial charge in [-0.2, -0.15) is 12.7 Å². The summed E-state index contributed by atoms with van der Waals surface area (Å²) in [6.07, 6.45) is 0.247. The lowest BCUT2D eigenvalue weighted by atomic mass is 10.1. The van der Waals surface area contributed by atoms with Crippen molar-refractivity contribution in [1.29, 1.82) is 0 Å². The maximum Gasteiger partial charge on any atom is 0.304 e. The van der Waals surface area contributed by atoms with Crippen LogP contribution in [0.4, 0.5) is 10.1 Å². The lowest BCUT2D eigenvalue weighted by Crippen LogP contribution is -2.53. The van der Waals surface area contributed by atoms with Gasteiger partial charge in [-0.1, -0.05) is 48.3 Å². The van der Waals surface area contributed by atoms with Gasteiger partial charge in [-0.3, -0.25) is 9.59 Å². The van der Waals surface area contributed by atoms with Gasteiger partial charge in [-0.15, -0.1) is 0 Å². The normalized spacial score (nSPS) is 12.4. The van der Waals surface area contributed by atoms with Gasteiger partial charge in [0.15, 0.2) is 0 Å². The number of carbonyl (C=O) groups is 2. The number of benzene rings is 2. The summed E-state index contributed by atoms with van der Waals surface area (Å²) in [5.41, 5.74) is 0.219. The predicted octanol–water partition coefficient (Wildman–Crippen LogP) is 3.30. The number of anilines is 1. The first-order valence-corrected chi connectivity index (χ1v) is 12.5. The van der Waals surface area contributed by atoms with Crippen LogP contribution < -0.4 is 9.62 Å². The van der Waals surface area contributed by atoms with Gasteiger partial charge < -0.3 is 10.2 Å². The molecule has 12 heteroatoms. The quantitative estimate of drug-likeness (QED) is 0.508. The molecule has 0 heterocycles. The zero-order chi connectivity index (χ0) is 25.6. The van der Waals surface area contributed by atoms with Crippen LogP contribution in [-0.4, -0.2) is 63.2 Å². The second-order valence-corrected chi connectivity index (χ2v) is 10.5. The number of nitrogens with zero attached hydrogens (tertiary/aromatic N) is 3. The van der Waals surface area contributed by atoms with Crippen LogP contribution >= 0.6 is 23.2 Å². The number of likely N-dealkylation sites (N-methyl/N-ethyl adjacent to an activating group) is 1. The van der Waals surface area contributed by atoms with E-state index in [1.54, 1.807) is 19.1 Å². The molecule has 0 saturated carbocycles. The summed E-state index contributed by atoms with van der Waals surface area (Å²) in [6.45, 7) is 0.892. The molecule has 0 fully saturated rings. The lowest BCUT2D eigenvalue weighted by molar-refractivity contribution is -0.140. The van der Waals surface area contributed by atoms with Crippen molar-refractivity contribution in [2.75, 3.05) is 32.0 Å². The molecular formula is C22H27Cl2FN4O4S. The van der Waals surface area contributed by atoms with Gasteiger partial charge in [0, 0.05) is 37.7 Å².